The number of amides is 1. The lowest BCUT2D eigenvalue weighted by Gasteiger charge is -2.09. The molecule has 0 spiro atoms. The van der Waals surface area contributed by atoms with E-state index in [1.807, 2.05) is 36.4 Å². The SMILES string of the molecule is COCCCOc1ccnc(-c2ccnc(Nc3ccc4cc(C(=O)N(C)C)[nH]c4c3)n2)c1. The van der Waals surface area contributed by atoms with Gasteiger partial charge in [0.25, 0.3) is 5.91 Å². The molecule has 9 nitrogen and oxygen atoms in total. The molecule has 0 saturated heterocycles. The van der Waals surface area contributed by atoms with Gasteiger partial charge in [0.2, 0.25) is 5.95 Å². The first-order valence-electron chi connectivity index (χ1n) is 10.6. The summed E-state index contributed by atoms with van der Waals surface area (Å²) in [4.78, 5) is 30.2. The summed E-state index contributed by atoms with van der Waals surface area (Å²) in [6.45, 7) is 1.22. The van der Waals surface area contributed by atoms with Crippen LogP contribution in [-0.4, -0.2) is 65.2 Å². The number of anilines is 2. The molecule has 170 valence electrons. The maximum absolute atomic E-state index is 12.2. The Labute approximate surface area is 191 Å². The van der Waals surface area contributed by atoms with Crippen molar-refractivity contribution < 1.29 is 14.3 Å². The molecule has 0 radical (unpaired) electrons. The first-order valence-corrected chi connectivity index (χ1v) is 10.6. The summed E-state index contributed by atoms with van der Waals surface area (Å²) in [6.07, 6.45) is 4.19. The predicted molar refractivity (Wildman–Crippen MR) is 127 cm³/mol. The second-order valence-corrected chi connectivity index (χ2v) is 7.65. The smallest absolute Gasteiger partial charge is 0.269 e. The number of H-pyrrole nitrogens is 1. The minimum Gasteiger partial charge on any atom is -0.493 e. The van der Waals surface area contributed by atoms with Crippen LogP contribution in [0.4, 0.5) is 11.6 Å². The van der Waals surface area contributed by atoms with Crippen LogP contribution < -0.4 is 10.1 Å². The van der Waals surface area contributed by atoms with Crippen LogP contribution in [0.1, 0.15) is 16.9 Å². The van der Waals surface area contributed by atoms with Gasteiger partial charge in [0.15, 0.2) is 0 Å². The van der Waals surface area contributed by atoms with Crippen molar-refractivity contribution in [1.29, 1.82) is 0 Å². The van der Waals surface area contributed by atoms with Gasteiger partial charge in [-0.05, 0) is 30.3 Å². The minimum absolute atomic E-state index is 0.0749. The Balaban J connectivity index is 1.50. The number of ether oxygens (including phenoxy) is 2. The van der Waals surface area contributed by atoms with Gasteiger partial charge < -0.3 is 24.7 Å². The third-order valence-electron chi connectivity index (χ3n) is 4.93. The maximum Gasteiger partial charge on any atom is 0.269 e. The number of rotatable bonds is 9. The second-order valence-electron chi connectivity index (χ2n) is 7.65. The molecule has 0 atom stereocenters. The number of aromatic nitrogens is 4. The molecule has 1 amide bonds. The largest absolute Gasteiger partial charge is 0.493 e. The van der Waals surface area contributed by atoms with Crippen molar-refractivity contribution in [2.75, 3.05) is 39.7 Å². The van der Waals surface area contributed by atoms with Crippen molar-refractivity contribution in [1.82, 2.24) is 24.8 Å². The highest BCUT2D eigenvalue weighted by Gasteiger charge is 2.12. The summed E-state index contributed by atoms with van der Waals surface area (Å²) in [5.41, 5.74) is 3.56. The zero-order valence-corrected chi connectivity index (χ0v) is 18.8. The van der Waals surface area contributed by atoms with Crippen LogP contribution >= 0.6 is 0 Å². The number of pyridine rings is 1. The fraction of sp³-hybridized carbons (Fsp3) is 0.250. The van der Waals surface area contributed by atoms with Crippen LogP contribution in [0.5, 0.6) is 5.75 Å². The zero-order valence-electron chi connectivity index (χ0n) is 18.8. The summed E-state index contributed by atoms with van der Waals surface area (Å²) < 4.78 is 10.8. The molecule has 0 aliphatic rings. The Hall–Kier alpha value is -3.98. The number of hydrogen-bond acceptors (Lipinski definition) is 7. The average Bonchev–Trinajstić information content (AvgIpc) is 3.25. The summed E-state index contributed by atoms with van der Waals surface area (Å²) in [5, 5.41) is 4.17. The molecule has 0 unspecified atom stereocenters. The molecule has 4 aromatic rings. The van der Waals surface area contributed by atoms with Gasteiger partial charge in [0, 0.05) is 69.3 Å². The zero-order chi connectivity index (χ0) is 23.2. The van der Waals surface area contributed by atoms with E-state index in [0.29, 0.717) is 36.2 Å². The predicted octanol–water partition coefficient (Wildman–Crippen LogP) is 3.88. The van der Waals surface area contributed by atoms with E-state index in [0.717, 1.165) is 28.8 Å². The second kappa shape index (κ2) is 10.1. The maximum atomic E-state index is 12.2. The summed E-state index contributed by atoms with van der Waals surface area (Å²) in [6, 6.07) is 13.1. The Morgan fingerprint density at radius 1 is 1.03 bits per heavy atom. The lowest BCUT2D eigenvalue weighted by molar-refractivity contribution is 0.0823. The van der Waals surface area contributed by atoms with Crippen LogP contribution in [0.3, 0.4) is 0 Å². The number of nitrogens with one attached hydrogen (secondary N) is 2. The number of aromatic amines is 1. The van der Waals surface area contributed by atoms with Crippen LogP contribution in [0.15, 0.2) is 54.9 Å². The Bertz CT molecular complexity index is 1250. The molecule has 3 heterocycles. The summed E-state index contributed by atoms with van der Waals surface area (Å²) in [7, 11) is 5.12. The van der Waals surface area contributed by atoms with Crippen molar-refractivity contribution in [2.24, 2.45) is 0 Å². The number of nitrogens with zero attached hydrogens (tertiary/aromatic N) is 4. The van der Waals surface area contributed by atoms with E-state index >= 15 is 0 Å². The molecule has 33 heavy (non-hydrogen) atoms. The molecular weight excluding hydrogens is 420 g/mol. The first kappa shape index (κ1) is 22.2. The quantitative estimate of drug-likeness (QED) is 0.376. The van der Waals surface area contributed by atoms with E-state index in [4.69, 9.17) is 9.47 Å². The van der Waals surface area contributed by atoms with E-state index in [1.165, 1.54) is 4.90 Å². The molecule has 0 fully saturated rings. The number of benzene rings is 1. The highest BCUT2D eigenvalue weighted by atomic mass is 16.5. The van der Waals surface area contributed by atoms with Gasteiger partial charge in [-0.25, -0.2) is 9.97 Å². The molecule has 0 aliphatic heterocycles. The summed E-state index contributed by atoms with van der Waals surface area (Å²) in [5.74, 6) is 1.09. The van der Waals surface area contributed by atoms with Gasteiger partial charge in [0.05, 0.1) is 18.0 Å². The van der Waals surface area contributed by atoms with E-state index < -0.39 is 0 Å². The van der Waals surface area contributed by atoms with Gasteiger partial charge in [-0.1, -0.05) is 6.07 Å². The standard InChI is InChI=1S/C24H26N6O3/c1-30(2)23(31)22-13-16-5-6-17(14-20(16)28-22)27-24-26-10-8-19(29-24)21-15-18(7-9-25-21)33-12-4-11-32-3/h5-10,13-15,28H,4,11-12H2,1-3H3,(H,26,27,29). The van der Waals surface area contributed by atoms with Gasteiger partial charge in [-0.3, -0.25) is 9.78 Å². The normalized spacial score (nSPS) is 10.9. The van der Waals surface area contributed by atoms with Crippen LogP contribution in [-0.2, 0) is 4.74 Å². The van der Waals surface area contributed by atoms with E-state index in [-0.39, 0.29) is 5.91 Å². The Kier molecular flexibility index (Phi) is 6.80. The number of carbonyl (C=O) groups is 1. The van der Waals surface area contributed by atoms with E-state index in [9.17, 15) is 4.79 Å². The van der Waals surface area contributed by atoms with Crippen molar-refractivity contribution in [2.45, 2.75) is 6.42 Å². The van der Waals surface area contributed by atoms with Gasteiger partial charge in [-0.15, -0.1) is 0 Å². The lowest BCUT2D eigenvalue weighted by atomic mass is 10.2. The number of hydrogen-bond donors (Lipinski definition) is 2. The fourth-order valence-corrected chi connectivity index (χ4v) is 3.29. The van der Waals surface area contributed by atoms with Crippen molar-refractivity contribution >= 4 is 28.4 Å². The molecular formula is C24H26N6O3. The van der Waals surface area contributed by atoms with Crippen molar-refractivity contribution in [3.8, 4) is 17.1 Å². The highest BCUT2D eigenvalue weighted by molar-refractivity contribution is 5.98. The topological polar surface area (TPSA) is 105 Å². The van der Waals surface area contributed by atoms with E-state index in [1.54, 1.807) is 39.7 Å². The van der Waals surface area contributed by atoms with Crippen molar-refractivity contribution in [3.63, 3.8) is 0 Å². The Morgan fingerprint density at radius 2 is 1.88 bits per heavy atom. The van der Waals surface area contributed by atoms with E-state index in [2.05, 4.69) is 25.3 Å². The van der Waals surface area contributed by atoms with Gasteiger partial charge in [-0.2, -0.15) is 0 Å². The molecule has 4 rings (SSSR count). The Morgan fingerprint density at radius 3 is 2.70 bits per heavy atom. The van der Waals surface area contributed by atoms with Gasteiger partial charge in [0.1, 0.15) is 11.4 Å². The van der Waals surface area contributed by atoms with Crippen LogP contribution in [0.25, 0.3) is 22.3 Å². The monoisotopic (exact) mass is 446 g/mol. The number of carbonyl (C=O) groups excluding carboxylic acids is 1. The highest BCUT2D eigenvalue weighted by Crippen LogP contribution is 2.24. The molecule has 9 heteroatoms. The average molecular weight is 447 g/mol. The lowest BCUT2D eigenvalue weighted by Crippen LogP contribution is -2.21. The molecule has 1 aromatic carbocycles. The van der Waals surface area contributed by atoms with Gasteiger partial charge >= 0.3 is 0 Å². The fourth-order valence-electron chi connectivity index (χ4n) is 3.29. The van der Waals surface area contributed by atoms with Crippen LogP contribution in [0, 0.1) is 0 Å². The first-order chi connectivity index (χ1) is 16.0. The molecule has 0 saturated carbocycles. The number of methoxy groups -OCH3 is 1. The third kappa shape index (κ3) is 5.45. The molecule has 2 N–H and O–H groups in total. The minimum atomic E-state index is -0.0749. The molecule has 0 aliphatic carbocycles. The molecule has 3 aromatic heterocycles. The third-order valence-corrected chi connectivity index (χ3v) is 4.93. The molecule has 0 bridgehead atoms. The van der Waals surface area contributed by atoms with Crippen LogP contribution in [0.2, 0.25) is 0 Å². The summed E-state index contributed by atoms with van der Waals surface area (Å²) >= 11 is 0. The number of fused-ring (bicyclic) bond motifs is 1. The van der Waals surface area contributed by atoms with Crippen molar-refractivity contribution in [3.05, 3.63) is 60.6 Å².